The second-order valence-electron chi connectivity index (χ2n) is 12.9. The van der Waals surface area contributed by atoms with Gasteiger partial charge in [0.05, 0.1) is 42.8 Å². The minimum Gasteiger partial charge on any atom is -0.393 e. The van der Waals surface area contributed by atoms with Crippen LogP contribution in [0.5, 0.6) is 0 Å². The average Bonchev–Trinajstić information content (AvgIpc) is 3.08. The third-order valence-electron chi connectivity index (χ3n) is 9.60. The van der Waals surface area contributed by atoms with E-state index in [1.807, 2.05) is 48.5 Å². The van der Waals surface area contributed by atoms with Crippen LogP contribution >= 0.6 is 0 Å². The van der Waals surface area contributed by atoms with E-state index in [4.69, 9.17) is 0 Å². The van der Waals surface area contributed by atoms with Gasteiger partial charge in [0.25, 0.3) is 0 Å². The van der Waals surface area contributed by atoms with Crippen molar-refractivity contribution in [1.82, 2.24) is 4.90 Å². The van der Waals surface area contributed by atoms with Crippen LogP contribution in [-0.2, 0) is 27.5 Å². The van der Waals surface area contributed by atoms with E-state index in [1.54, 1.807) is 17.0 Å². The zero-order chi connectivity index (χ0) is 33.6. The van der Waals surface area contributed by atoms with Gasteiger partial charge in [0.1, 0.15) is 11.4 Å². The Hall–Kier alpha value is -3.19. The monoisotopic (exact) mass is 668 g/mol. The van der Waals surface area contributed by atoms with E-state index < -0.39 is 34.8 Å². The maximum atomic E-state index is 13.6. The molecule has 0 radical (unpaired) electrons. The number of anilines is 1. The molecule has 0 unspecified atom stereocenters. The van der Waals surface area contributed by atoms with Gasteiger partial charge >= 0.3 is 0 Å². The van der Waals surface area contributed by atoms with Crippen molar-refractivity contribution in [3.63, 3.8) is 0 Å². The first-order valence-electron chi connectivity index (χ1n) is 16.3. The minimum atomic E-state index is -2.90. The molecule has 0 aromatic heterocycles. The van der Waals surface area contributed by atoms with Crippen LogP contribution in [0.4, 0.5) is 10.1 Å². The van der Waals surface area contributed by atoms with Crippen LogP contribution in [0.1, 0.15) is 60.1 Å². The van der Waals surface area contributed by atoms with Gasteiger partial charge in [-0.15, -0.1) is 0 Å². The lowest BCUT2D eigenvalue weighted by Crippen LogP contribution is -2.55. The molecule has 2 aliphatic heterocycles. The molecule has 0 saturated carbocycles. The molecule has 2 fully saturated rings. The average molecular weight is 669 g/mol. The lowest BCUT2D eigenvalue weighted by molar-refractivity contribution is -0.131. The highest BCUT2D eigenvalue weighted by molar-refractivity contribution is 7.91. The normalized spacial score (nSPS) is 20.6. The molecule has 0 aliphatic carbocycles. The van der Waals surface area contributed by atoms with Crippen molar-refractivity contribution in [3.8, 4) is 0 Å². The summed E-state index contributed by atoms with van der Waals surface area (Å²) in [5, 5.41) is 39.9. The van der Waals surface area contributed by atoms with E-state index in [0.717, 1.165) is 41.8 Å². The maximum Gasteiger partial charge on any atom is 0.233 e. The van der Waals surface area contributed by atoms with E-state index >= 15 is 0 Å². The van der Waals surface area contributed by atoms with Gasteiger partial charge in [-0.25, -0.2) is 12.8 Å². The van der Waals surface area contributed by atoms with Crippen LogP contribution < -0.4 is 4.90 Å². The van der Waals surface area contributed by atoms with Crippen LogP contribution in [-0.4, -0.2) is 89.6 Å². The minimum absolute atomic E-state index is 0.0332. The summed E-state index contributed by atoms with van der Waals surface area (Å²) in [6.45, 7) is 0.934. The number of halogens is 1. The highest BCUT2D eigenvalue weighted by Gasteiger charge is 2.48. The van der Waals surface area contributed by atoms with Crippen molar-refractivity contribution < 1.29 is 38.0 Å². The number of nitrogens with zero attached hydrogens (tertiary/aromatic N) is 2. The van der Waals surface area contributed by atoms with Crippen molar-refractivity contribution in [2.75, 3.05) is 49.3 Å². The standard InChI is InChI=1S/C36H45FN2O7S/c37-30-11-9-28(10-12-30)33(42)16-15-32-34(29-7-3-27(4-8-29)17-18-36(44,24-40)25-41)39(35(32)43)31-13-5-26(6-14-31)2-1-19-38-20-22-47(45,46)23-21-38/h3-14,32-34,40-42,44H,1-2,15-25H2/t32-,33+,34-/m1/s1. The molecular formula is C36H45FN2O7S. The third-order valence-corrected chi connectivity index (χ3v) is 11.2. The van der Waals surface area contributed by atoms with Crippen LogP contribution in [0.2, 0.25) is 0 Å². The summed E-state index contributed by atoms with van der Waals surface area (Å²) >= 11 is 0. The largest absolute Gasteiger partial charge is 0.393 e. The smallest absolute Gasteiger partial charge is 0.233 e. The Kier molecular flexibility index (Phi) is 11.5. The lowest BCUT2D eigenvalue weighted by Gasteiger charge is -2.48. The SMILES string of the molecule is O=C1[C@H](CC[C@H](O)c2ccc(F)cc2)[C@@H](c2ccc(CCC(O)(CO)CO)cc2)N1c1ccc(CCCN2CCS(=O)(=O)CC2)cc1. The fourth-order valence-corrected chi connectivity index (χ4v) is 7.74. The number of benzene rings is 3. The van der Waals surface area contributed by atoms with Crippen LogP contribution in [0, 0.1) is 11.7 Å². The molecular weight excluding hydrogens is 623 g/mol. The van der Waals surface area contributed by atoms with E-state index in [1.165, 1.54) is 12.1 Å². The fraction of sp³-hybridized carbons (Fsp3) is 0.472. The van der Waals surface area contributed by atoms with Gasteiger partial charge in [-0.3, -0.25) is 4.79 Å². The summed E-state index contributed by atoms with van der Waals surface area (Å²) in [4.78, 5) is 17.6. The molecule has 1 amide bonds. The van der Waals surface area contributed by atoms with E-state index in [0.29, 0.717) is 37.9 Å². The van der Waals surface area contributed by atoms with E-state index in [9.17, 15) is 38.0 Å². The highest BCUT2D eigenvalue weighted by atomic mass is 32.2. The first-order valence-corrected chi connectivity index (χ1v) is 18.1. The predicted octanol–water partition coefficient (Wildman–Crippen LogP) is 3.35. The van der Waals surface area contributed by atoms with Gasteiger partial charge in [0, 0.05) is 18.8 Å². The third kappa shape index (κ3) is 8.84. The number of aliphatic hydroxyl groups is 4. The van der Waals surface area contributed by atoms with Crippen LogP contribution in [0.3, 0.4) is 0 Å². The quantitative estimate of drug-likeness (QED) is 0.181. The molecule has 2 heterocycles. The molecule has 3 aromatic carbocycles. The Morgan fingerprint density at radius 1 is 0.872 bits per heavy atom. The summed E-state index contributed by atoms with van der Waals surface area (Å²) in [6, 6.07) is 21.2. The number of hydrogen-bond acceptors (Lipinski definition) is 8. The number of amides is 1. The van der Waals surface area contributed by atoms with Crippen LogP contribution in [0.15, 0.2) is 72.8 Å². The molecule has 254 valence electrons. The van der Waals surface area contributed by atoms with Crippen molar-refractivity contribution >= 4 is 21.4 Å². The van der Waals surface area contributed by atoms with Crippen LogP contribution in [0.25, 0.3) is 0 Å². The fourth-order valence-electron chi connectivity index (χ4n) is 6.46. The Bertz CT molecular complexity index is 1570. The van der Waals surface area contributed by atoms with Gasteiger partial charge in [0.15, 0.2) is 9.84 Å². The van der Waals surface area contributed by atoms with Crippen molar-refractivity contribution in [2.45, 2.75) is 56.3 Å². The van der Waals surface area contributed by atoms with E-state index in [-0.39, 0.29) is 41.6 Å². The number of hydrogen-bond donors (Lipinski definition) is 4. The summed E-state index contributed by atoms with van der Waals surface area (Å²) < 4.78 is 36.8. The lowest BCUT2D eigenvalue weighted by atomic mass is 9.78. The summed E-state index contributed by atoms with van der Waals surface area (Å²) in [5.41, 5.74) is 2.82. The number of carbonyl (C=O) groups excluding carboxylic acids is 1. The van der Waals surface area contributed by atoms with E-state index in [2.05, 4.69) is 4.90 Å². The van der Waals surface area contributed by atoms with Crippen molar-refractivity contribution in [3.05, 3.63) is 101 Å². The predicted molar refractivity (Wildman–Crippen MR) is 178 cm³/mol. The van der Waals surface area contributed by atoms with Gasteiger partial charge in [-0.1, -0.05) is 48.5 Å². The molecule has 9 nitrogen and oxygen atoms in total. The second kappa shape index (κ2) is 15.4. The zero-order valence-corrected chi connectivity index (χ0v) is 27.4. The molecule has 5 rings (SSSR count). The van der Waals surface area contributed by atoms with Crippen molar-refractivity contribution in [2.24, 2.45) is 5.92 Å². The molecule has 2 saturated heterocycles. The van der Waals surface area contributed by atoms with Gasteiger partial charge in [0.2, 0.25) is 5.91 Å². The zero-order valence-electron chi connectivity index (χ0n) is 26.5. The number of β-lactam (4-membered cyclic amide) rings is 1. The Morgan fingerprint density at radius 2 is 1.47 bits per heavy atom. The number of carbonyl (C=O) groups is 1. The first-order chi connectivity index (χ1) is 22.5. The molecule has 2 aliphatic rings. The summed E-state index contributed by atoms with van der Waals surface area (Å²) in [7, 11) is -2.90. The first kappa shape index (κ1) is 35.1. The van der Waals surface area contributed by atoms with Gasteiger partial charge in [-0.05, 0) is 91.6 Å². The Morgan fingerprint density at radius 3 is 2.09 bits per heavy atom. The highest BCUT2D eigenvalue weighted by Crippen LogP contribution is 2.46. The number of aliphatic hydroxyl groups excluding tert-OH is 3. The molecule has 47 heavy (non-hydrogen) atoms. The molecule has 3 aromatic rings. The van der Waals surface area contributed by atoms with Gasteiger partial charge in [-0.2, -0.15) is 0 Å². The molecule has 11 heteroatoms. The number of sulfone groups is 1. The van der Waals surface area contributed by atoms with Gasteiger partial charge < -0.3 is 30.2 Å². The molecule has 4 N–H and O–H groups in total. The maximum absolute atomic E-state index is 13.6. The Balaban J connectivity index is 1.26. The Labute approximate surface area is 276 Å². The molecule has 3 atom stereocenters. The summed E-state index contributed by atoms with van der Waals surface area (Å²) in [5.74, 6) is -0.332. The number of rotatable bonds is 15. The topological polar surface area (TPSA) is 139 Å². The molecule has 0 bridgehead atoms. The summed E-state index contributed by atoms with van der Waals surface area (Å²) in [6.07, 6.45) is 2.35. The molecule has 0 spiro atoms. The van der Waals surface area contributed by atoms with Crippen molar-refractivity contribution in [1.29, 1.82) is 0 Å². The number of aryl methyl sites for hydroxylation is 2. The second-order valence-corrected chi connectivity index (χ2v) is 15.3.